The third kappa shape index (κ3) is 2.39. The molecule has 4 aromatic rings. The van der Waals surface area contributed by atoms with Gasteiger partial charge in [0.2, 0.25) is 0 Å². The van der Waals surface area contributed by atoms with Crippen molar-refractivity contribution in [1.82, 2.24) is 30.4 Å². The molecule has 1 amide bonds. The molecule has 0 saturated carbocycles. The number of anilines is 1. The van der Waals surface area contributed by atoms with Crippen LogP contribution in [-0.2, 0) is 7.05 Å². The molecule has 0 unspecified atom stereocenters. The number of hydrogen-bond acceptors (Lipinski definition) is 5. The zero-order valence-electron chi connectivity index (χ0n) is 12.8. The lowest BCUT2D eigenvalue weighted by Gasteiger charge is -2.06. The molecule has 0 aliphatic carbocycles. The van der Waals surface area contributed by atoms with E-state index in [1.165, 1.54) is 0 Å². The highest BCUT2D eigenvalue weighted by molar-refractivity contribution is 6.11. The summed E-state index contributed by atoms with van der Waals surface area (Å²) in [4.78, 5) is 12.5. The highest BCUT2D eigenvalue weighted by Crippen LogP contribution is 2.21. The van der Waals surface area contributed by atoms with Crippen molar-refractivity contribution in [2.24, 2.45) is 7.05 Å². The summed E-state index contributed by atoms with van der Waals surface area (Å²) < 4.78 is 1.57. The number of hydrogen-bond donors (Lipinski definition) is 2. The SMILES string of the molecule is Cn1nnnc1-c1cccc(NC(=O)c2n[nH]c3ccccc23)c1. The molecule has 0 atom stereocenters. The van der Waals surface area contributed by atoms with E-state index in [1.807, 2.05) is 42.5 Å². The molecule has 2 aromatic carbocycles. The number of aryl methyl sites for hydroxylation is 1. The van der Waals surface area contributed by atoms with Crippen LogP contribution in [0.3, 0.4) is 0 Å². The molecule has 0 radical (unpaired) electrons. The normalized spacial score (nSPS) is 10.9. The predicted octanol–water partition coefficient (Wildman–Crippen LogP) is 2.01. The molecular formula is C16H13N7O. The van der Waals surface area contributed by atoms with E-state index in [1.54, 1.807) is 17.8 Å². The molecule has 4 rings (SSSR count). The van der Waals surface area contributed by atoms with Gasteiger partial charge in [0, 0.05) is 23.7 Å². The maximum absolute atomic E-state index is 12.5. The molecule has 0 aliphatic rings. The zero-order valence-corrected chi connectivity index (χ0v) is 12.8. The van der Waals surface area contributed by atoms with E-state index >= 15 is 0 Å². The third-order valence-electron chi connectivity index (χ3n) is 3.68. The minimum absolute atomic E-state index is 0.277. The summed E-state index contributed by atoms with van der Waals surface area (Å²) in [7, 11) is 1.76. The Morgan fingerprint density at radius 1 is 1.17 bits per heavy atom. The number of nitrogens with one attached hydrogen (secondary N) is 2. The fourth-order valence-corrected chi connectivity index (χ4v) is 2.54. The minimum Gasteiger partial charge on any atom is -0.321 e. The molecule has 8 heteroatoms. The summed E-state index contributed by atoms with van der Waals surface area (Å²) in [6.45, 7) is 0. The lowest BCUT2D eigenvalue weighted by Crippen LogP contribution is -2.12. The Morgan fingerprint density at radius 3 is 2.88 bits per heavy atom. The Hall–Kier alpha value is -3.55. The Kier molecular flexibility index (Phi) is 3.27. The highest BCUT2D eigenvalue weighted by atomic mass is 16.1. The summed E-state index contributed by atoms with van der Waals surface area (Å²) in [6, 6.07) is 14.8. The van der Waals surface area contributed by atoms with Gasteiger partial charge in [0.15, 0.2) is 11.5 Å². The van der Waals surface area contributed by atoms with Crippen LogP contribution in [0.25, 0.3) is 22.3 Å². The van der Waals surface area contributed by atoms with Crippen molar-refractivity contribution in [3.8, 4) is 11.4 Å². The van der Waals surface area contributed by atoms with E-state index in [2.05, 4.69) is 31.0 Å². The van der Waals surface area contributed by atoms with Gasteiger partial charge in [0.05, 0.1) is 5.52 Å². The molecule has 0 saturated heterocycles. The van der Waals surface area contributed by atoms with Gasteiger partial charge in [-0.25, -0.2) is 4.68 Å². The Morgan fingerprint density at radius 2 is 2.04 bits per heavy atom. The second-order valence-corrected chi connectivity index (χ2v) is 5.28. The fraction of sp³-hybridized carbons (Fsp3) is 0.0625. The van der Waals surface area contributed by atoms with E-state index in [4.69, 9.17) is 0 Å². The van der Waals surface area contributed by atoms with Gasteiger partial charge in [-0.2, -0.15) is 5.10 Å². The van der Waals surface area contributed by atoms with Gasteiger partial charge in [-0.05, 0) is 28.6 Å². The van der Waals surface area contributed by atoms with Crippen LogP contribution in [0, 0.1) is 0 Å². The van der Waals surface area contributed by atoms with Crippen molar-refractivity contribution in [2.45, 2.75) is 0 Å². The smallest absolute Gasteiger partial charge is 0.276 e. The van der Waals surface area contributed by atoms with Gasteiger partial charge < -0.3 is 5.32 Å². The van der Waals surface area contributed by atoms with E-state index < -0.39 is 0 Å². The standard InChI is InChI=1S/C16H13N7O/c1-23-15(20-21-22-23)10-5-4-6-11(9-10)17-16(24)14-12-7-2-3-8-13(12)18-19-14/h2-9H,1H3,(H,17,24)(H,18,19). The minimum atomic E-state index is -0.277. The van der Waals surface area contributed by atoms with Crippen LogP contribution in [0.4, 0.5) is 5.69 Å². The molecule has 2 aromatic heterocycles. The lowest BCUT2D eigenvalue weighted by molar-refractivity contribution is 0.102. The summed E-state index contributed by atoms with van der Waals surface area (Å²) in [6.07, 6.45) is 0. The van der Waals surface area contributed by atoms with Crippen molar-refractivity contribution in [2.75, 3.05) is 5.32 Å². The van der Waals surface area contributed by atoms with Gasteiger partial charge >= 0.3 is 0 Å². The first-order chi connectivity index (χ1) is 11.7. The number of tetrazole rings is 1. The van der Waals surface area contributed by atoms with Crippen molar-refractivity contribution < 1.29 is 4.79 Å². The van der Waals surface area contributed by atoms with Crippen molar-refractivity contribution >= 4 is 22.5 Å². The number of carbonyl (C=O) groups is 1. The second-order valence-electron chi connectivity index (χ2n) is 5.28. The lowest BCUT2D eigenvalue weighted by atomic mass is 10.1. The number of aromatic nitrogens is 6. The molecular weight excluding hydrogens is 306 g/mol. The summed E-state index contributed by atoms with van der Waals surface area (Å²) in [5, 5.41) is 22.0. The largest absolute Gasteiger partial charge is 0.321 e. The van der Waals surface area contributed by atoms with Crippen LogP contribution >= 0.6 is 0 Å². The second kappa shape index (κ2) is 5.58. The highest BCUT2D eigenvalue weighted by Gasteiger charge is 2.14. The molecule has 0 fully saturated rings. The van der Waals surface area contributed by atoms with Gasteiger partial charge in [-0.15, -0.1) is 5.10 Å². The Bertz CT molecular complexity index is 1030. The van der Waals surface area contributed by atoms with Gasteiger partial charge in [0.25, 0.3) is 5.91 Å². The van der Waals surface area contributed by atoms with Crippen LogP contribution in [-0.4, -0.2) is 36.3 Å². The first-order valence-electron chi connectivity index (χ1n) is 7.29. The summed E-state index contributed by atoms with van der Waals surface area (Å²) >= 11 is 0. The monoisotopic (exact) mass is 319 g/mol. The molecule has 2 heterocycles. The quantitative estimate of drug-likeness (QED) is 0.601. The van der Waals surface area contributed by atoms with E-state index in [9.17, 15) is 4.79 Å². The number of H-pyrrole nitrogens is 1. The van der Waals surface area contributed by atoms with Gasteiger partial charge in [0.1, 0.15) is 0 Å². The maximum atomic E-state index is 12.5. The van der Waals surface area contributed by atoms with Crippen LogP contribution in [0.2, 0.25) is 0 Å². The Balaban J connectivity index is 1.64. The first kappa shape index (κ1) is 14.1. The number of benzene rings is 2. The summed E-state index contributed by atoms with van der Waals surface area (Å²) in [5.74, 6) is 0.344. The average Bonchev–Trinajstić information content (AvgIpc) is 3.21. The van der Waals surface area contributed by atoms with Crippen LogP contribution in [0.1, 0.15) is 10.5 Å². The van der Waals surface area contributed by atoms with Crippen molar-refractivity contribution in [3.05, 3.63) is 54.2 Å². The molecule has 0 spiro atoms. The molecule has 0 aliphatic heterocycles. The third-order valence-corrected chi connectivity index (χ3v) is 3.68. The molecule has 0 bridgehead atoms. The van der Waals surface area contributed by atoms with Crippen LogP contribution in [0.15, 0.2) is 48.5 Å². The molecule has 2 N–H and O–H groups in total. The predicted molar refractivity (Wildman–Crippen MR) is 88.3 cm³/mol. The van der Waals surface area contributed by atoms with Gasteiger partial charge in [-0.3, -0.25) is 9.89 Å². The van der Waals surface area contributed by atoms with Crippen LogP contribution < -0.4 is 5.32 Å². The molecule has 8 nitrogen and oxygen atoms in total. The molecule has 118 valence electrons. The van der Waals surface area contributed by atoms with Crippen LogP contribution in [0.5, 0.6) is 0 Å². The number of para-hydroxylation sites is 1. The maximum Gasteiger partial charge on any atom is 0.276 e. The zero-order chi connectivity index (χ0) is 16.5. The van der Waals surface area contributed by atoms with Crippen molar-refractivity contribution in [1.29, 1.82) is 0 Å². The Labute approximate surface area is 136 Å². The first-order valence-corrected chi connectivity index (χ1v) is 7.29. The number of amides is 1. The van der Waals surface area contributed by atoms with E-state index in [0.717, 1.165) is 16.5 Å². The van der Waals surface area contributed by atoms with Crippen molar-refractivity contribution in [3.63, 3.8) is 0 Å². The topological polar surface area (TPSA) is 101 Å². The summed E-state index contributed by atoms with van der Waals surface area (Å²) in [5.41, 5.74) is 2.64. The number of carbonyl (C=O) groups excluding carboxylic acids is 1. The van der Waals surface area contributed by atoms with Gasteiger partial charge in [-0.1, -0.05) is 30.3 Å². The average molecular weight is 319 g/mol. The number of aromatic amines is 1. The number of rotatable bonds is 3. The van der Waals surface area contributed by atoms with E-state index in [-0.39, 0.29) is 5.91 Å². The van der Waals surface area contributed by atoms with E-state index in [0.29, 0.717) is 17.2 Å². The fourth-order valence-electron chi connectivity index (χ4n) is 2.54. The number of nitrogens with zero attached hydrogens (tertiary/aromatic N) is 5. The molecule has 24 heavy (non-hydrogen) atoms. The number of fused-ring (bicyclic) bond motifs is 1.